The van der Waals surface area contributed by atoms with Crippen LogP contribution >= 0.6 is 23.5 Å². The topological polar surface area (TPSA) is 181 Å². The molecule has 6 aromatic rings. The predicted molar refractivity (Wildman–Crippen MR) is 376 cm³/mol. The Balaban J connectivity index is 0.000000300. The number of carbonyl (C=O) groups excluding carboxylic acids is 8. The Bertz CT molecular complexity index is 3120. The number of likely N-dealkylation sites (N-methyl/N-ethyl adjacent to an activating group) is 6. The van der Waals surface area contributed by atoms with Crippen LogP contribution < -0.4 is 5.32 Å². The van der Waals surface area contributed by atoms with Crippen molar-refractivity contribution in [2.24, 2.45) is 0 Å². The summed E-state index contributed by atoms with van der Waals surface area (Å²) in [6.07, 6.45) is 4.75. The minimum absolute atomic E-state index is 0.0373. The molecule has 1 aliphatic rings. The zero-order valence-electron chi connectivity index (χ0n) is 56.3. The van der Waals surface area contributed by atoms with Gasteiger partial charge < -0.3 is 39.6 Å². The summed E-state index contributed by atoms with van der Waals surface area (Å²) in [6.45, 7) is 2.19. The number of nitrogens with one attached hydrogen (secondary N) is 1. The molecule has 1 fully saturated rings. The van der Waals surface area contributed by atoms with Gasteiger partial charge in [0, 0.05) is 87.1 Å². The standard InChI is InChI=1S/C39H48N4O6S.C36H48N4O3S/c1-40(2)26-27-41(3)38(48)33(29-37(47)49-43-35(45)24-25-36(43)46)42(4)34(44)23-15-8-16-28-50-39(30-17-9-5-10-18-30,31-19-11-6-12-20-31)32-21-13-7-14-22-32;1-37-33(41)28-32(35(43)39(4)26-25-38(2)3)40(5)34(42)24-16-9-17-27-44-36(29-18-10-6-11-19-29,30-20-12-7-13-21-30)31-22-14-8-15-23-31/h5-7,9-14,17-22,33H,8,15-16,23-29H2,1-4H3;6-8,10-15,18-23,32H,9,16-17,24-28H2,1-5H3,(H,37,41)/t33-;32-/m00/s1. The summed E-state index contributed by atoms with van der Waals surface area (Å²) in [6, 6.07) is 61.6. The molecule has 19 heteroatoms. The molecule has 1 aliphatic heterocycles. The highest BCUT2D eigenvalue weighted by molar-refractivity contribution is 8.00. The van der Waals surface area contributed by atoms with Crippen LogP contribution in [0.2, 0.25) is 0 Å². The predicted octanol–water partition coefficient (Wildman–Crippen LogP) is 10.4. The molecule has 2 atom stereocenters. The van der Waals surface area contributed by atoms with E-state index >= 15 is 0 Å². The van der Waals surface area contributed by atoms with Crippen molar-refractivity contribution < 1.29 is 43.2 Å². The van der Waals surface area contributed by atoms with Crippen LogP contribution in [0, 0.1) is 0 Å². The highest BCUT2D eigenvalue weighted by Crippen LogP contribution is 2.50. The summed E-state index contributed by atoms with van der Waals surface area (Å²) < 4.78 is -0.767. The van der Waals surface area contributed by atoms with Crippen LogP contribution in [-0.2, 0) is 52.7 Å². The van der Waals surface area contributed by atoms with Gasteiger partial charge in [-0.3, -0.25) is 33.6 Å². The van der Waals surface area contributed by atoms with Crippen LogP contribution in [0.4, 0.5) is 0 Å². The lowest BCUT2D eigenvalue weighted by Gasteiger charge is -2.35. The second kappa shape index (κ2) is 38.3. The summed E-state index contributed by atoms with van der Waals surface area (Å²) >= 11 is 3.81. The van der Waals surface area contributed by atoms with Gasteiger partial charge in [-0.2, -0.15) is 0 Å². The normalized spacial score (nSPS) is 12.9. The number of benzene rings is 6. The number of nitrogens with zero attached hydrogens (tertiary/aromatic N) is 7. The van der Waals surface area contributed by atoms with Crippen LogP contribution in [0.15, 0.2) is 182 Å². The van der Waals surface area contributed by atoms with Crippen LogP contribution in [-0.4, -0.2) is 195 Å². The van der Waals surface area contributed by atoms with Crippen molar-refractivity contribution in [2.75, 3.05) is 101 Å². The Morgan fingerprint density at radius 2 is 0.734 bits per heavy atom. The van der Waals surface area contributed by atoms with E-state index in [9.17, 15) is 38.4 Å². The second-order valence-electron chi connectivity index (χ2n) is 24.2. The van der Waals surface area contributed by atoms with Gasteiger partial charge in [-0.25, -0.2) is 4.79 Å². The molecular weight excluding hydrogens is 1220 g/mol. The molecule has 502 valence electrons. The monoisotopic (exact) mass is 1320 g/mol. The van der Waals surface area contributed by atoms with Gasteiger partial charge >= 0.3 is 5.97 Å². The smallest absolute Gasteiger partial charge is 0.335 e. The van der Waals surface area contributed by atoms with Gasteiger partial charge in [0.1, 0.15) is 12.1 Å². The molecule has 0 unspecified atom stereocenters. The molecule has 7 amide bonds. The lowest BCUT2D eigenvalue weighted by Crippen LogP contribution is -2.51. The van der Waals surface area contributed by atoms with Gasteiger partial charge in [0.05, 0.1) is 22.3 Å². The first kappa shape index (κ1) is 74.9. The average Bonchev–Trinajstić information content (AvgIpc) is 0.867. The number of amides is 7. The van der Waals surface area contributed by atoms with Crippen molar-refractivity contribution in [1.82, 2.24) is 39.8 Å². The van der Waals surface area contributed by atoms with Gasteiger partial charge in [0.25, 0.3) is 11.8 Å². The Morgan fingerprint density at radius 3 is 1.02 bits per heavy atom. The van der Waals surface area contributed by atoms with E-state index in [-0.39, 0.29) is 54.1 Å². The van der Waals surface area contributed by atoms with Gasteiger partial charge in [-0.15, -0.1) is 28.6 Å². The Labute approximate surface area is 565 Å². The summed E-state index contributed by atoms with van der Waals surface area (Å²) in [5.74, 6) is -1.68. The number of hydroxylamine groups is 2. The maximum absolute atomic E-state index is 13.5. The molecule has 0 aliphatic carbocycles. The van der Waals surface area contributed by atoms with E-state index < -0.39 is 46.9 Å². The minimum atomic E-state index is -1.14. The van der Waals surface area contributed by atoms with Crippen LogP contribution in [0.25, 0.3) is 0 Å². The van der Waals surface area contributed by atoms with E-state index in [4.69, 9.17) is 4.84 Å². The van der Waals surface area contributed by atoms with E-state index in [1.165, 1.54) is 55.1 Å². The van der Waals surface area contributed by atoms with Crippen LogP contribution in [0.3, 0.4) is 0 Å². The molecule has 0 spiro atoms. The highest BCUT2D eigenvalue weighted by atomic mass is 32.2. The van der Waals surface area contributed by atoms with E-state index in [2.05, 4.69) is 169 Å². The summed E-state index contributed by atoms with van der Waals surface area (Å²) in [5.41, 5.74) is 7.30. The Morgan fingerprint density at radius 1 is 0.436 bits per heavy atom. The van der Waals surface area contributed by atoms with E-state index in [0.29, 0.717) is 44.1 Å². The largest absolute Gasteiger partial charge is 0.359 e. The fourth-order valence-electron chi connectivity index (χ4n) is 11.2. The van der Waals surface area contributed by atoms with Crippen molar-refractivity contribution >= 4 is 70.8 Å². The number of rotatable bonds is 35. The van der Waals surface area contributed by atoms with Gasteiger partial charge in [0.2, 0.25) is 29.5 Å². The molecule has 1 heterocycles. The molecule has 0 aromatic heterocycles. The SMILES string of the molecule is CN(C)CCN(C)C(=O)[C@H](CC(=O)ON1C(=O)CCC1=O)N(C)C(=O)CCCCCSC(c1ccccc1)(c1ccccc1)c1ccccc1.CNC(=O)C[C@@H](C(=O)N(C)CCN(C)C)N(C)C(=O)CCCCCSC(c1ccccc1)(c1ccccc1)c1ccccc1. The Hall–Kier alpha value is -8.10. The third-order valence-electron chi connectivity index (χ3n) is 16.8. The van der Waals surface area contributed by atoms with Crippen molar-refractivity contribution in [1.29, 1.82) is 0 Å². The summed E-state index contributed by atoms with van der Waals surface area (Å²) in [5, 5.41) is 3.05. The quantitative estimate of drug-likeness (QED) is 0.0226. The number of carbonyl (C=O) groups is 8. The summed E-state index contributed by atoms with van der Waals surface area (Å²) in [7, 11) is 15.7. The first-order valence-electron chi connectivity index (χ1n) is 32.4. The molecule has 0 saturated carbocycles. The average molecular weight is 1320 g/mol. The third kappa shape index (κ3) is 21.2. The zero-order valence-corrected chi connectivity index (χ0v) is 58.0. The Kier molecular flexibility index (Phi) is 30.5. The fraction of sp³-hybridized carbons (Fsp3) is 0.413. The molecule has 94 heavy (non-hydrogen) atoms. The molecule has 0 radical (unpaired) electrons. The number of thioether (sulfide) groups is 2. The van der Waals surface area contributed by atoms with Gasteiger partial charge in [-0.05, 0) is 98.8 Å². The first-order valence-corrected chi connectivity index (χ1v) is 34.4. The fourth-order valence-corrected chi connectivity index (χ4v) is 14.4. The molecular formula is C75H96N8O9S2. The van der Waals surface area contributed by atoms with Gasteiger partial charge in [-0.1, -0.05) is 195 Å². The maximum atomic E-state index is 13.5. The van der Waals surface area contributed by atoms with Crippen molar-refractivity contribution in [2.45, 2.75) is 98.6 Å². The van der Waals surface area contributed by atoms with E-state index in [1.807, 2.05) is 79.7 Å². The lowest BCUT2D eigenvalue weighted by molar-refractivity contribution is -0.198. The molecule has 6 aromatic carbocycles. The highest BCUT2D eigenvalue weighted by Gasteiger charge is 2.40. The third-order valence-corrected chi connectivity index (χ3v) is 20.1. The molecule has 7 rings (SSSR count). The first-order chi connectivity index (χ1) is 45.2. The molecule has 1 N–H and O–H groups in total. The molecule has 1 saturated heterocycles. The maximum Gasteiger partial charge on any atom is 0.335 e. The van der Waals surface area contributed by atoms with Crippen LogP contribution in [0.5, 0.6) is 0 Å². The number of hydrogen-bond acceptors (Lipinski definition) is 13. The van der Waals surface area contributed by atoms with E-state index in [1.54, 1.807) is 33.1 Å². The number of hydrogen-bond donors (Lipinski definition) is 1. The number of imide groups is 1. The van der Waals surface area contributed by atoms with Crippen molar-refractivity contribution in [3.8, 4) is 0 Å². The van der Waals surface area contributed by atoms with Gasteiger partial charge in [0.15, 0.2) is 0 Å². The molecule has 17 nitrogen and oxygen atoms in total. The summed E-state index contributed by atoms with van der Waals surface area (Å²) in [4.78, 5) is 117. The number of unbranched alkanes of at least 4 members (excludes halogenated alkanes) is 4. The second-order valence-corrected chi connectivity index (χ2v) is 26.8. The van der Waals surface area contributed by atoms with E-state index in [0.717, 1.165) is 43.6 Å². The minimum Gasteiger partial charge on any atom is -0.359 e. The van der Waals surface area contributed by atoms with Crippen LogP contribution in [0.1, 0.15) is 110 Å². The molecule has 0 bridgehead atoms. The van der Waals surface area contributed by atoms with Crippen molar-refractivity contribution in [3.05, 3.63) is 215 Å². The van der Waals surface area contributed by atoms with Crippen molar-refractivity contribution in [3.63, 3.8) is 0 Å². The zero-order chi connectivity index (χ0) is 68.0. The lowest BCUT2D eigenvalue weighted by atomic mass is 9.84.